The van der Waals surface area contributed by atoms with E-state index in [2.05, 4.69) is 48.8 Å². The minimum Gasteiger partial charge on any atom is -0.237 e. The largest absolute Gasteiger partial charge is 0.237 e. The van der Waals surface area contributed by atoms with Crippen molar-refractivity contribution in [3.05, 3.63) is 71.7 Å². The van der Waals surface area contributed by atoms with E-state index in [9.17, 15) is 4.39 Å². The van der Waals surface area contributed by atoms with E-state index in [0.717, 1.165) is 16.9 Å². The highest BCUT2D eigenvalue weighted by atomic mass is 19.1. The molecular weight excluding hydrogens is 303 g/mol. The van der Waals surface area contributed by atoms with Crippen LogP contribution < -0.4 is 0 Å². The van der Waals surface area contributed by atoms with Gasteiger partial charge in [-0.25, -0.2) is 14.6 Å². The average Bonchev–Trinajstić information content (AvgIpc) is 3.06. The van der Waals surface area contributed by atoms with Crippen molar-refractivity contribution in [1.82, 2.24) is 19.7 Å². The summed E-state index contributed by atoms with van der Waals surface area (Å²) in [5.74, 6) is 0.753. The Bertz CT molecular complexity index is 817. The van der Waals surface area contributed by atoms with Gasteiger partial charge in [-0.05, 0) is 29.2 Å². The molecule has 0 amide bonds. The molecule has 124 valence electrons. The van der Waals surface area contributed by atoms with Gasteiger partial charge in [-0.15, -0.1) is 0 Å². The van der Waals surface area contributed by atoms with Crippen LogP contribution in [-0.2, 0) is 5.41 Å². The molecule has 3 aromatic heterocycles. The summed E-state index contributed by atoms with van der Waals surface area (Å²) in [5.41, 5.74) is 2.83. The summed E-state index contributed by atoms with van der Waals surface area (Å²) < 4.78 is 14.8. The van der Waals surface area contributed by atoms with Gasteiger partial charge in [0.2, 0.25) is 5.95 Å². The van der Waals surface area contributed by atoms with Crippen molar-refractivity contribution in [3.8, 4) is 5.82 Å². The molecule has 5 heteroatoms. The van der Waals surface area contributed by atoms with Crippen molar-refractivity contribution in [2.45, 2.75) is 39.0 Å². The summed E-state index contributed by atoms with van der Waals surface area (Å²) in [5, 5.41) is 4.43. The number of hydrogen-bond acceptors (Lipinski definition) is 3. The Morgan fingerprint density at radius 2 is 1.75 bits per heavy atom. The van der Waals surface area contributed by atoms with Gasteiger partial charge in [0.15, 0.2) is 5.82 Å². The Kier molecular flexibility index (Phi) is 4.18. The first-order chi connectivity index (χ1) is 11.4. The first kappa shape index (κ1) is 16.3. The minimum absolute atomic E-state index is 0.323. The molecule has 3 heterocycles. The summed E-state index contributed by atoms with van der Waals surface area (Å²) in [6.45, 7) is 8.42. The fourth-order valence-electron chi connectivity index (χ4n) is 2.56. The van der Waals surface area contributed by atoms with E-state index >= 15 is 0 Å². The van der Waals surface area contributed by atoms with Gasteiger partial charge in [-0.2, -0.15) is 9.49 Å². The molecule has 0 aliphatic rings. The predicted molar refractivity (Wildman–Crippen MR) is 91.8 cm³/mol. The number of rotatable bonds is 4. The quantitative estimate of drug-likeness (QED) is 0.674. The molecule has 0 fully saturated rings. The molecule has 0 aliphatic heterocycles. The molecule has 3 aromatic rings. The minimum atomic E-state index is -0.473. The van der Waals surface area contributed by atoms with Crippen molar-refractivity contribution in [1.29, 1.82) is 0 Å². The van der Waals surface area contributed by atoms with Gasteiger partial charge in [-0.1, -0.05) is 39.8 Å². The van der Waals surface area contributed by atoms with E-state index < -0.39 is 5.95 Å². The van der Waals surface area contributed by atoms with Crippen LogP contribution in [0.5, 0.6) is 0 Å². The van der Waals surface area contributed by atoms with Gasteiger partial charge in [0, 0.05) is 29.6 Å². The molecule has 0 saturated heterocycles. The van der Waals surface area contributed by atoms with Crippen LogP contribution in [0.1, 0.15) is 50.3 Å². The average molecular weight is 324 g/mol. The molecular formula is C19H21FN4. The van der Waals surface area contributed by atoms with E-state index in [-0.39, 0.29) is 5.41 Å². The van der Waals surface area contributed by atoms with E-state index in [0.29, 0.717) is 5.92 Å². The molecule has 0 N–H and O–H groups in total. The van der Waals surface area contributed by atoms with Crippen LogP contribution in [0.4, 0.5) is 4.39 Å². The second-order valence-corrected chi connectivity index (χ2v) is 6.77. The maximum absolute atomic E-state index is 13.1. The third kappa shape index (κ3) is 3.07. The number of pyridine rings is 2. The van der Waals surface area contributed by atoms with Gasteiger partial charge in [0.05, 0.1) is 6.20 Å². The third-order valence-electron chi connectivity index (χ3n) is 4.43. The molecule has 0 bridgehead atoms. The van der Waals surface area contributed by atoms with Crippen LogP contribution in [0.15, 0.2) is 49.1 Å². The fourth-order valence-corrected chi connectivity index (χ4v) is 2.56. The maximum Gasteiger partial charge on any atom is 0.212 e. The third-order valence-corrected chi connectivity index (χ3v) is 4.43. The van der Waals surface area contributed by atoms with Crippen molar-refractivity contribution >= 4 is 0 Å². The highest BCUT2D eigenvalue weighted by molar-refractivity contribution is 5.35. The zero-order chi connectivity index (χ0) is 17.3. The lowest BCUT2D eigenvalue weighted by molar-refractivity contribution is 0.572. The van der Waals surface area contributed by atoms with E-state index in [1.54, 1.807) is 16.9 Å². The molecule has 0 spiro atoms. The highest BCUT2D eigenvalue weighted by Crippen LogP contribution is 2.31. The summed E-state index contributed by atoms with van der Waals surface area (Å²) in [6.07, 6.45) is 7.24. The Hall–Kier alpha value is -2.56. The molecule has 3 rings (SSSR count). The normalized spacial score (nSPS) is 11.9. The fraction of sp³-hybridized carbons (Fsp3) is 0.316. The second kappa shape index (κ2) is 6.15. The number of hydrogen-bond donors (Lipinski definition) is 0. The maximum atomic E-state index is 13.1. The lowest BCUT2D eigenvalue weighted by atomic mass is 9.80. The highest BCUT2D eigenvalue weighted by Gasteiger charge is 2.25. The molecule has 0 saturated carbocycles. The van der Waals surface area contributed by atoms with Gasteiger partial charge < -0.3 is 0 Å². The molecule has 0 aliphatic carbocycles. The number of nitrogens with zero attached hydrogens (tertiary/aromatic N) is 4. The number of halogens is 1. The zero-order valence-corrected chi connectivity index (χ0v) is 14.4. The van der Waals surface area contributed by atoms with Crippen LogP contribution in [0.3, 0.4) is 0 Å². The van der Waals surface area contributed by atoms with Crippen molar-refractivity contribution in [2.24, 2.45) is 0 Å². The van der Waals surface area contributed by atoms with Gasteiger partial charge in [0.1, 0.15) is 0 Å². The van der Waals surface area contributed by atoms with Crippen LogP contribution in [0, 0.1) is 5.95 Å². The Balaban J connectivity index is 1.90. The Morgan fingerprint density at radius 1 is 0.958 bits per heavy atom. The first-order valence-electron chi connectivity index (χ1n) is 8.01. The first-order valence-corrected chi connectivity index (χ1v) is 8.01. The smallest absolute Gasteiger partial charge is 0.212 e. The standard InChI is InChI=1S/C19H21FN4/c1-13(2)14-5-8-18(22-9-14)24-12-16(11-23-24)19(3,4)15-6-7-17(20)21-10-15/h5-13H,1-4H3. The summed E-state index contributed by atoms with van der Waals surface area (Å²) in [7, 11) is 0. The van der Waals surface area contributed by atoms with Crippen LogP contribution in [0.2, 0.25) is 0 Å². The number of aromatic nitrogens is 4. The predicted octanol–water partition coefficient (Wildman–Crippen LogP) is 4.25. The zero-order valence-electron chi connectivity index (χ0n) is 14.4. The summed E-state index contributed by atoms with van der Waals surface area (Å²) in [6, 6.07) is 7.19. The lowest BCUT2D eigenvalue weighted by Crippen LogP contribution is -2.18. The molecule has 0 unspecified atom stereocenters. The van der Waals surface area contributed by atoms with E-state index in [1.807, 2.05) is 24.7 Å². The van der Waals surface area contributed by atoms with Crippen molar-refractivity contribution in [3.63, 3.8) is 0 Å². The van der Waals surface area contributed by atoms with Crippen LogP contribution in [0.25, 0.3) is 5.82 Å². The summed E-state index contributed by atoms with van der Waals surface area (Å²) in [4.78, 5) is 8.24. The van der Waals surface area contributed by atoms with Crippen molar-refractivity contribution in [2.75, 3.05) is 0 Å². The van der Waals surface area contributed by atoms with E-state index in [4.69, 9.17) is 0 Å². The second-order valence-electron chi connectivity index (χ2n) is 6.77. The van der Waals surface area contributed by atoms with Crippen LogP contribution >= 0.6 is 0 Å². The molecule has 4 nitrogen and oxygen atoms in total. The Labute approximate surface area is 141 Å². The van der Waals surface area contributed by atoms with E-state index in [1.165, 1.54) is 11.6 Å². The van der Waals surface area contributed by atoms with Crippen LogP contribution in [-0.4, -0.2) is 19.7 Å². The SMILES string of the molecule is CC(C)c1ccc(-n2cc(C(C)(C)c3ccc(F)nc3)cn2)nc1. The summed E-state index contributed by atoms with van der Waals surface area (Å²) >= 11 is 0. The molecule has 0 aromatic carbocycles. The van der Waals surface area contributed by atoms with Crippen molar-refractivity contribution < 1.29 is 4.39 Å². The molecule has 0 atom stereocenters. The van der Waals surface area contributed by atoms with Gasteiger partial charge in [-0.3, -0.25) is 0 Å². The molecule has 24 heavy (non-hydrogen) atoms. The molecule has 0 radical (unpaired) electrons. The monoisotopic (exact) mass is 324 g/mol. The lowest BCUT2D eigenvalue weighted by Gasteiger charge is -2.23. The van der Waals surface area contributed by atoms with Gasteiger partial charge >= 0.3 is 0 Å². The Morgan fingerprint density at radius 3 is 2.33 bits per heavy atom. The topological polar surface area (TPSA) is 43.6 Å². The van der Waals surface area contributed by atoms with Gasteiger partial charge in [0.25, 0.3) is 0 Å².